The molecule has 1 atom stereocenters. The van der Waals surface area contributed by atoms with Crippen molar-refractivity contribution in [2.75, 3.05) is 5.32 Å². The number of nitrogens with zero attached hydrogens (tertiary/aromatic N) is 1. The van der Waals surface area contributed by atoms with Crippen molar-refractivity contribution in [3.05, 3.63) is 97.7 Å². The number of Topliss-reactive ketones (excluding diaryl/α,β-unsaturated/α-hetero) is 1. The van der Waals surface area contributed by atoms with E-state index in [1.807, 2.05) is 12.1 Å². The highest BCUT2D eigenvalue weighted by Crippen LogP contribution is 2.43. The van der Waals surface area contributed by atoms with E-state index in [-0.39, 0.29) is 17.2 Å². The highest BCUT2D eigenvalue weighted by molar-refractivity contribution is 7.98. The summed E-state index contributed by atoms with van der Waals surface area (Å²) in [5, 5.41) is 4.22. The van der Waals surface area contributed by atoms with Crippen molar-refractivity contribution in [2.45, 2.75) is 36.1 Å². The van der Waals surface area contributed by atoms with Gasteiger partial charge < -0.3 is 10.3 Å². The lowest BCUT2D eigenvalue weighted by Gasteiger charge is -2.32. The minimum absolute atomic E-state index is 0.0433. The maximum Gasteiger partial charge on any atom is 0.257 e. The highest BCUT2D eigenvalue weighted by atomic mass is 35.5. The Hall–Kier alpha value is -2.90. The summed E-state index contributed by atoms with van der Waals surface area (Å²) in [6, 6.07) is 13.7. The number of hydrogen-bond donors (Lipinski definition) is 2. The van der Waals surface area contributed by atoms with Crippen LogP contribution in [0.4, 0.5) is 10.2 Å². The van der Waals surface area contributed by atoms with Gasteiger partial charge in [-0.05, 0) is 42.2 Å². The summed E-state index contributed by atoms with van der Waals surface area (Å²) < 4.78 is 14.0. The van der Waals surface area contributed by atoms with E-state index in [9.17, 15) is 14.0 Å². The summed E-state index contributed by atoms with van der Waals surface area (Å²) in [5.41, 5.74) is 2.90. The minimum atomic E-state index is -0.506. The van der Waals surface area contributed by atoms with E-state index < -0.39 is 5.92 Å². The van der Waals surface area contributed by atoms with E-state index in [0.717, 1.165) is 24.1 Å². The third-order valence-electron chi connectivity index (χ3n) is 5.76. The molecule has 5 rings (SSSR count). The Kier molecular flexibility index (Phi) is 5.61. The first-order chi connectivity index (χ1) is 15.5. The molecule has 0 radical (unpaired) electrons. The molecule has 1 aromatic heterocycles. The maximum absolute atomic E-state index is 14.0. The van der Waals surface area contributed by atoms with Crippen LogP contribution in [0.15, 0.2) is 69.8 Å². The van der Waals surface area contributed by atoms with Gasteiger partial charge in [0.2, 0.25) is 0 Å². The van der Waals surface area contributed by atoms with Gasteiger partial charge in [0.15, 0.2) is 10.9 Å². The zero-order valence-corrected chi connectivity index (χ0v) is 18.5. The summed E-state index contributed by atoms with van der Waals surface area (Å²) in [6.45, 7) is 0. The lowest BCUT2D eigenvalue weighted by molar-refractivity contribution is -0.116. The number of ketones is 1. The number of anilines is 1. The number of halogens is 2. The second-order valence-electron chi connectivity index (χ2n) is 7.79. The van der Waals surface area contributed by atoms with E-state index in [0.29, 0.717) is 44.9 Å². The molecule has 0 unspecified atom stereocenters. The van der Waals surface area contributed by atoms with Gasteiger partial charge in [0.25, 0.3) is 5.56 Å². The number of aromatic amines is 1. The van der Waals surface area contributed by atoms with Crippen molar-refractivity contribution in [3.8, 4) is 0 Å². The van der Waals surface area contributed by atoms with Crippen LogP contribution in [0, 0.1) is 5.82 Å². The molecule has 0 spiro atoms. The van der Waals surface area contributed by atoms with Crippen molar-refractivity contribution >= 4 is 35.0 Å². The van der Waals surface area contributed by atoms with E-state index in [1.54, 1.807) is 30.3 Å². The van der Waals surface area contributed by atoms with Gasteiger partial charge in [-0.15, -0.1) is 0 Å². The van der Waals surface area contributed by atoms with Gasteiger partial charge in [-0.1, -0.05) is 53.7 Å². The Morgan fingerprint density at radius 2 is 1.88 bits per heavy atom. The number of aromatic nitrogens is 2. The second kappa shape index (κ2) is 8.56. The molecule has 8 heteroatoms. The Morgan fingerprint density at radius 1 is 1.09 bits per heavy atom. The zero-order valence-electron chi connectivity index (χ0n) is 17.0. The van der Waals surface area contributed by atoms with Crippen LogP contribution in [-0.2, 0) is 10.5 Å². The highest BCUT2D eigenvalue weighted by Gasteiger charge is 2.37. The van der Waals surface area contributed by atoms with Crippen molar-refractivity contribution in [1.29, 1.82) is 0 Å². The molecule has 3 aromatic rings. The van der Waals surface area contributed by atoms with Crippen LogP contribution in [0.25, 0.3) is 0 Å². The van der Waals surface area contributed by atoms with E-state index in [1.165, 1.54) is 17.8 Å². The third kappa shape index (κ3) is 3.87. The van der Waals surface area contributed by atoms with Gasteiger partial charge in [0, 0.05) is 34.4 Å². The van der Waals surface area contributed by atoms with Crippen LogP contribution in [0.5, 0.6) is 0 Å². The average molecular weight is 468 g/mol. The van der Waals surface area contributed by atoms with Crippen LogP contribution >= 0.6 is 23.4 Å². The first-order valence-electron chi connectivity index (χ1n) is 10.3. The largest absolute Gasteiger partial charge is 0.343 e. The monoisotopic (exact) mass is 467 g/mol. The standard InChI is InChI=1S/C24H19ClFN3O2S/c25-15-10-8-13(9-11-15)19-20-17(6-3-7-18(20)30)27-22-21(19)23(31)29-24(28-22)32-12-14-4-1-2-5-16(14)26/h1-2,4-5,8-11,19H,3,6-7,12H2,(H2,27,28,29,31)/t19-/m1/s1. The van der Waals surface area contributed by atoms with Gasteiger partial charge in [0.05, 0.1) is 5.56 Å². The number of nitrogens with one attached hydrogen (secondary N) is 2. The van der Waals surface area contributed by atoms with Gasteiger partial charge in [-0.2, -0.15) is 0 Å². The summed E-state index contributed by atoms with van der Waals surface area (Å²) in [6.07, 6.45) is 1.93. The zero-order chi connectivity index (χ0) is 22.2. The molecule has 2 aromatic carbocycles. The van der Waals surface area contributed by atoms with Crippen molar-refractivity contribution in [3.63, 3.8) is 0 Å². The quantitative estimate of drug-likeness (QED) is 0.396. The van der Waals surface area contributed by atoms with Crippen LogP contribution in [0.3, 0.4) is 0 Å². The van der Waals surface area contributed by atoms with Crippen LogP contribution in [0.1, 0.15) is 41.9 Å². The van der Waals surface area contributed by atoms with E-state index >= 15 is 0 Å². The predicted molar refractivity (Wildman–Crippen MR) is 124 cm³/mol. The van der Waals surface area contributed by atoms with Crippen LogP contribution in [0.2, 0.25) is 5.02 Å². The van der Waals surface area contributed by atoms with Gasteiger partial charge in [-0.25, -0.2) is 9.37 Å². The second-order valence-corrected chi connectivity index (χ2v) is 9.19. The molecule has 32 heavy (non-hydrogen) atoms. The Balaban J connectivity index is 1.56. The molecule has 2 aliphatic rings. The summed E-state index contributed by atoms with van der Waals surface area (Å²) >= 11 is 7.32. The molecule has 0 fully saturated rings. The number of carbonyl (C=O) groups excluding carboxylic acids is 1. The summed E-state index contributed by atoms with van der Waals surface area (Å²) in [5.74, 6) is 0.0198. The first kappa shape index (κ1) is 21.0. The molecule has 0 saturated heterocycles. The molecule has 2 heterocycles. The molecule has 1 aliphatic heterocycles. The topological polar surface area (TPSA) is 74.8 Å². The number of benzene rings is 2. The molecule has 0 bridgehead atoms. The number of carbonyl (C=O) groups is 1. The maximum atomic E-state index is 14.0. The molecule has 2 N–H and O–H groups in total. The van der Waals surface area contributed by atoms with Crippen molar-refractivity contribution in [2.24, 2.45) is 0 Å². The molecular formula is C24H19ClFN3O2S. The Morgan fingerprint density at radius 3 is 2.66 bits per heavy atom. The van der Waals surface area contributed by atoms with Crippen LogP contribution in [-0.4, -0.2) is 15.8 Å². The fourth-order valence-electron chi connectivity index (χ4n) is 4.26. The molecule has 162 valence electrons. The van der Waals surface area contributed by atoms with Gasteiger partial charge in [-0.3, -0.25) is 9.59 Å². The lowest BCUT2D eigenvalue weighted by atomic mass is 9.76. The fraction of sp³-hybridized carbons (Fsp3) is 0.208. The molecule has 0 amide bonds. The summed E-state index contributed by atoms with van der Waals surface area (Å²) in [4.78, 5) is 33.5. The van der Waals surface area contributed by atoms with E-state index in [2.05, 4.69) is 15.3 Å². The number of hydrogen-bond acceptors (Lipinski definition) is 5. The lowest BCUT2D eigenvalue weighted by Crippen LogP contribution is -2.32. The van der Waals surface area contributed by atoms with Crippen molar-refractivity contribution < 1.29 is 9.18 Å². The number of thioether (sulfide) groups is 1. The Bertz CT molecular complexity index is 1300. The number of rotatable bonds is 4. The molecule has 1 aliphatic carbocycles. The number of H-pyrrole nitrogens is 1. The molecular weight excluding hydrogens is 449 g/mol. The average Bonchev–Trinajstić information content (AvgIpc) is 2.78. The first-order valence-corrected chi connectivity index (χ1v) is 11.7. The van der Waals surface area contributed by atoms with Crippen molar-refractivity contribution in [1.82, 2.24) is 9.97 Å². The fourth-order valence-corrected chi connectivity index (χ4v) is 5.23. The molecule has 0 saturated carbocycles. The summed E-state index contributed by atoms with van der Waals surface area (Å²) in [7, 11) is 0. The predicted octanol–water partition coefficient (Wildman–Crippen LogP) is 5.42. The normalized spacial score (nSPS) is 17.6. The van der Waals surface area contributed by atoms with E-state index in [4.69, 9.17) is 11.6 Å². The van der Waals surface area contributed by atoms with Gasteiger partial charge >= 0.3 is 0 Å². The number of fused-ring (bicyclic) bond motifs is 1. The van der Waals surface area contributed by atoms with Crippen LogP contribution < -0.4 is 10.9 Å². The van der Waals surface area contributed by atoms with Gasteiger partial charge in [0.1, 0.15) is 11.6 Å². The molecule has 5 nitrogen and oxygen atoms in total. The smallest absolute Gasteiger partial charge is 0.257 e. The SMILES string of the molecule is O=C1CCCC2=C1[C@@H](c1ccc(Cl)cc1)c1c(nc(SCc3ccccc3F)[nH]c1=O)N2. The Labute approximate surface area is 193 Å². The third-order valence-corrected chi connectivity index (χ3v) is 6.94. The minimum Gasteiger partial charge on any atom is -0.343 e. The number of allylic oxidation sites excluding steroid dienone is 2.